The number of benzene rings is 1. The molecule has 0 aliphatic carbocycles. The molecule has 0 aliphatic heterocycles. The van der Waals surface area contributed by atoms with Gasteiger partial charge in [0.2, 0.25) is 5.89 Å². The van der Waals surface area contributed by atoms with Gasteiger partial charge in [0.1, 0.15) is 0 Å². The first-order chi connectivity index (χ1) is 9.81. The maximum Gasteiger partial charge on any atom is 0.314 e. The third-order valence-electron chi connectivity index (χ3n) is 2.96. The molecule has 1 aromatic heterocycles. The first-order valence-corrected chi connectivity index (χ1v) is 6.40. The zero-order valence-electron chi connectivity index (χ0n) is 11.3. The summed E-state index contributed by atoms with van der Waals surface area (Å²) in [5, 5.41) is 6.75. The van der Waals surface area contributed by atoms with Crippen LogP contribution in [0.1, 0.15) is 17.4 Å². The number of carbonyl (C=O) groups excluding carboxylic acids is 1. The van der Waals surface area contributed by atoms with Crippen LogP contribution in [0, 0.1) is 0 Å². The molecule has 0 fully saturated rings. The molecule has 0 amide bonds. The van der Waals surface area contributed by atoms with Gasteiger partial charge in [0.05, 0.1) is 13.0 Å². The highest BCUT2D eigenvalue weighted by molar-refractivity contribution is 5.78. The molecule has 1 aromatic carbocycles. The maximum atomic E-state index is 11.8. The Bertz CT molecular complexity index is 514. The molecule has 0 saturated carbocycles. The molecule has 0 spiro atoms. The molecule has 0 aliphatic rings. The molecular weight excluding hydrogens is 258 g/mol. The Morgan fingerprint density at radius 3 is 2.85 bits per heavy atom. The second-order valence-corrected chi connectivity index (χ2v) is 4.28. The summed E-state index contributed by atoms with van der Waals surface area (Å²) in [6.07, 6.45) is 2.00. The van der Waals surface area contributed by atoms with E-state index in [0.717, 1.165) is 5.56 Å². The van der Waals surface area contributed by atoms with E-state index in [-0.39, 0.29) is 11.9 Å². The highest BCUT2D eigenvalue weighted by Crippen LogP contribution is 2.16. The fourth-order valence-electron chi connectivity index (χ4n) is 1.91. The van der Waals surface area contributed by atoms with Gasteiger partial charge in [-0.2, -0.15) is 4.98 Å². The molecule has 20 heavy (non-hydrogen) atoms. The maximum absolute atomic E-state index is 11.8. The largest absolute Gasteiger partial charge is 0.469 e. The van der Waals surface area contributed by atoms with Crippen LogP contribution in [0.2, 0.25) is 0 Å². The zero-order valence-corrected chi connectivity index (χ0v) is 11.3. The van der Waals surface area contributed by atoms with Gasteiger partial charge in [-0.3, -0.25) is 4.79 Å². The summed E-state index contributed by atoms with van der Waals surface area (Å²) in [5.74, 6) is 0.0113. The number of nitrogens with zero attached hydrogens (tertiary/aromatic N) is 2. The monoisotopic (exact) mass is 275 g/mol. The van der Waals surface area contributed by atoms with Crippen molar-refractivity contribution in [3.63, 3.8) is 0 Å². The van der Waals surface area contributed by atoms with Gasteiger partial charge < -0.3 is 14.6 Å². The van der Waals surface area contributed by atoms with Crippen molar-refractivity contribution in [2.75, 3.05) is 20.2 Å². The molecule has 6 heteroatoms. The molecule has 0 saturated heterocycles. The number of aromatic nitrogens is 2. The standard InChI is InChI=1S/C14H17N3O3/c1-19-14(18)12(11-5-3-2-4-6-11)9-15-8-7-13-16-10-17-20-13/h2-6,10,12,15H,7-9H2,1H3. The van der Waals surface area contributed by atoms with Crippen LogP contribution in [0.3, 0.4) is 0 Å². The summed E-state index contributed by atoms with van der Waals surface area (Å²) in [7, 11) is 1.40. The molecule has 1 N–H and O–H groups in total. The van der Waals surface area contributed by atoms with Crippen LogP contribution >= 0.6 is 0 Å². The number of hydrogen-bond acceptors (Lipinski definition) is 6. The molecule has 1 unspecified atom stereocenters. The summed E-state index contributed by atoms with van der Waals surface area (Å²) >= 11 is 0. The van der Waals surface area contributed by atoms with Crippen LogP contribution in [-0.4, -0.2) is 36.3 Å². The average molecular weight is 275 g/mol. The van der Waals surface area contributed by atoms with Crippen LogP contribution in [0.25, 0.3) is 0 Å². The fourth-order valence-corrected chi connectivity index (χ4v) is 1.91. The van der Waals surface area contributed by atoms with E-state index in [9.17, 15) is 4.79 Å². The van der Waals surface area contributed by atoms with Crippen molar-refractivity contribution in [2.24, 2.45) is 0 Å². The van der Waals surface area contributed by atoms with Crippen molar-refractivity contribution in [3.8, 4) is 0 Å². The number of carbonyl (C=O) groups is 1. The number of esters is 1. The number of rotatable bonds is 7. The minimum absolute atomic E-state index is 0.249. The summed E-state index contributed by atoms with van der Waals surface area (Å²) in [4.78, 5) is 15.8. The minimum atomic E-state index is -0.316. The van der Waals surface area contributed by atoms with Gasteiger partial charge in [0, 0.05) is 19.5 Å². The summed E-state index contributed by atoms with van der Waals surface area (Å²) in [6.45, 7) is 1.16. The van der Waals surface area contributed by atoms with Crippen LogP contribution in [0.4, 0.5) is 0 Å². The Hall–Kier alpha value is -2.21. The summed E-state index contributed by atoms with van der Waals surface area (Å²) in [5.41, 5.74) is 0.935. The van der Waals surface area contributed by atoms with Gasteiger partial charge in [-0.05, 0) is 5.56 Å². The van der Waals surface area contributed by atoms with Gasteiger partial charge in [-0.25, -0.2) is 0 Å². The Balaban J connectivity index is 1.87. The van der Waals surface area contributed by atoms with Gasteiger partial charge in [-0.1, -0.05) is 35.5 Å². The third-order valence-corrected chi connectivity index (χ3v) is 2.96. The van der Waals surface area contributed by atoms with Crippen molar-refractivity contribution in [1.29, 1.82) is 0 Å². The lowest BCUT2D eigenvalue weighted by Crippen LogP contribution is -2.29. The fraction of sp³-hybridized carbons (Fsp3) is 0.357. The van der Waals surface area contributed by atoms with E-state index in [0.29, 0.717) is 25.4 Å². The van der Waals surface area contributed by atoms with Gasteiger partial charge in [0.15, 0.2) is 6.33 Å². The van der Waals surface area contributed by atoms with E-state index in [2.05, 4.69) is 15.5 Å². The highest BCUT2D eigenvalue weighted by atomic mass is 16.5. The lowest BCUT2D eigenvalue weighted by atomic mass is 9.99. The predicted molar refractivity (Wildman–Crippen MR) is 72.1 cm³/mol. The topological polar surface area (TPSA) is 77.2 Å². The predicted octanol–water partition coefficient (Wildman–Crippen LogP) is 1.16. The van der Waals surface area contributed by atoms with Crippen LogP contribution < -0.4 is 5.32 Å². The molecule has 6 nitrogen and oxygen atoms in total. The summed E-state index contributed by atoms with van der Waals surface area (Å²) in [6, 6.07) is 9.57. The number of ether oxygens (including phenoxy) is 1. The molecule has 0 bridgehead atoms. The van der Waals surface area contributed by atoms with E-state index in [1.165, 1.54) is 13.4 Å². The van der Waals surface area contributed by atoms with Crippen molar-refractivity contribution >= 4 is 5.97 Å². The number of hydrogen-bond donors (Lipinski definition) is 1. The first kappa shape index (κ1) is 14.2. The lowest BCUT2D eigenvalue weighted by Gasteiger charge is -2.15. The number of methoxy groups -OCH3 is 1. The minimum Gasteiger partial charge on any atom is -0.469 e. The van der Waals surface area contributed by atoms with Crippen molar-refractivity contribution in [2.45, 2.75) is 12.3 Å². The van der Waals surface area contributed by atoms with E-state index >= 15 is 0 Å². The Kier molecular flexibility index (Phi) is 5.25. The first-order valence-electron chi connectivity index (χ1n) is 6.40. The normalized spacial score (nSPS) is 12.1. The van der Waals surface area contributed by atoms with Crippen molar-refractivity contribution < 1.29 is 14.1 Å². The molecule has 106 valence electrons. The Morgan fingerprint density at radius 2 is 2.20 bits per heavy atom. The molecule has 1 atom stereocenters. The number of nitrogens with one attached hydrogen (secondary N) is 1. The second-order valence-electron chi connectivity index (χ2n) is 4.28. The smallest absolute Gasteiger partial charge is 0.314 e. The zero-order chi connectivity index (χ0) is 14.2. The molecular formula is C14H17N3O3. The van der Waals surface area contributed by atoms with Crippen LogP contribution in [-0.2, 0) is 16.0 Å². The second kappa shape index (κ2) is 7.40. The molecule has 0 radical (unpaired) electrons. The van der Waals surface area contributed by atoms with E-state index < -0.39 is 0 Å². The molecule has 2 rings (SSSR count). The Morgan fingerprint density at radius 1 is 1.40 bits per heavy atom. The Labute approximate surface area is 117 Å². The van der Waals surface area contributed by atoms with E-state index in [1.807, 2.05) is 30.3 Å². The lowest BCUT2D eigenvalue weighted by molar-refractivity contribution is -0.142. The highest BCUT2D eigenvalue weighted by Gasteiger charge is 2.20. The van der Waals surface area contributed by atoms with Gasteiger partial charge in [-0.15, -0.1) is 0 Å². The van der Waals surface area contributed by atoms with Gasteiger partial charge in [0.25, 0.3) is 0 Å². The van der Waals surface area contributed by atoms with E-state index in [1.54, 1.807) is 0 Å². The molecule has 1 heterocycles. The summed E-state index contributed by atoms with van der Waals surface area (Å²) < 4.78 is 9.75. The molecule has 2 aromatic rings. The quantitative estimate of drug-likeness (QED) is 0.603. The van der Waals surface area contributed by atoms with Crippen LogP contribution in [0.15, 0.2) is 41.2 Å². The van der Waals surface area contributed by atoms with Gasteiger partial charge >= 0.3 is 5.97 Å². The third kappa shape index (κ3) is 3.89. The van der Waals surface area contributed by atoms with Crippen molar-refractivity contribution in [1.82, 2.24) is 15.5 Å². The average Bonchev–Trinajstić information content (AvgIpc) is 3.01. The van der Waals surface area contributed by atoms with E-state index in [4.69, 9.17) is 9.26 Å². The van der Waals surface area contributed by atoms with Crippen LogP contribution in [0.5, 0.6) is 0 Å². The van der Waals surface area contributed by atoms with Crippen molar-refractivity contribution in [3.05, 3.63) is 48.1 Å². The SMILES string of the molecule is COC(=O)C(CNCCc1ncno1)c1ccccc1.